The lowest BCUT2D eigenvalue weighted by Gasteiger charge is -2.27. The van der Waals surface area contributed by atoms with Gasteiger partial charge < -0.3 is 15.0 Å². The van der Waals surface area contributed by atoms with Crippen LogP contribution in [0.15, 0.2) is 42.7 Å². The molecule has 3 rings (SSSR count). The van der Waals surface area contributed by atoms with Crippen LogP contribution in [0.2, 0.25) is 0 Å². The van der Waals surface area contributed by atoms with Gasteiger partial charge in [-0.25, -0.2) is 9.97 Å². The highest BCUT2D eigenvalue weighted by Crippen LogP contribution is 2.10. The number of carbonyl (C=O) groups is 1. The van der Waals surface area contributed by atoms with Crippen LogP contribution in [0.5, 0.6) is 0 Å². The first-order valence-corrected chi connectivity index (χ1v) is 7.80. The first kappa shape index (κ1) is 15.4. The third kappa shape index (κ3) is 4.26. The molecule has 1 aliphatic rings. The van der Waals surface area contributed by atoms with Crippen LogP contribution in [-0.4, -0.2) is 48.7 Å². The molecule has 0 spiro atoms. The summed E-state index contributed by atoms with van der Waals surface area (Å²) in [6.07, 6.45) is 3.98. The van der Waals surface area contributed by atoms with Gasteiger partial charge in [0, 0.05) is 19.6 Å². The predicted molar refractivity (Wildman–Crippen MR) is 87.5 cm³/mol. The van der Waals surface area contributed by atoms with Gasteiger partial charge in [-0.05, 0) is 12.0 Å². The number of benzene rings is 1. The minimum absolute atomic E-state index is 0.193. The van der Waals surface area contributed by atoms with Gasteiger partial charge in [0.25, 0.3) is 5.91 Å². The van der Waals surface area contributed by atoms with Crippen molar-refractivity contribution in [1.82, 2.24) is 15.3 Å². The molecule has 23 heavy (non-hydrogen) atoms. The lowest BCUT2D eigenvalue weighted by molar-refractivity contribution is 0.0948. The summed E-state index contributed by atoms with van der Waals surface area (Å²) >= 11 is 0. The second kappa shape index (κ2) is 7.69. The highest BCUT2D eigenvalue weighted by Gasteiger charge is 2.14. The molecule has 1 aromatic carbocycles. The first-order valence-electron chi connectivity index (χ1n) is 7.80. The highest BCUT2D eigenvalue weighted by atomic mass is 16.5. The maximum atomic E-state index is 12.1. The molecule has 1 N–H and O–H groups in total. The fourth-order valence-corrected chi connectivity index (χ4v) is 2.45. The molecule has 6 nitrogen and oxygen atoms in total. The Bertz CT molecular complexity index is 625. The normalized spacial score (nSPS) is 14.5. The van der Waals surface area contributed by atoms with Crippen molar-refractivity contribution < 1.29 is 9.53 Å². The van der Waals surface area contributed by atoms with E-state index >= 15 is 0 Å². The first-order chi connectivity index (χ1) is 11.3. The van der Waals surface area contributed by atoms with Gasteiger partial charge in [0.05, 0.1) is 25.6 Å². The fourth-order valence-electron chi connectivity index (χ4n) is 2.45. The smallest absolute Gasteiger partial charge is 0.271 e. The van der Waals surface area contributed by atoms with Crippen molar-refractivity contribution in [2.24, 2.45) is 0 Å². The summed E-state index contributed by atoms with van der Waals surface area (Å²) in [5.41, 5.74) is 1.54. The van der Waals surface area contributed by atoms with E-state index in [-0.39, 0.29) is 5.91 Å². The summed E-state index contributed by atoms with van der Waals surface area (Å²) in [5.74, 6) is 0.594. The molecule has 0 bridgehead atoms. The Kier molecular flexibility index (Phi) is 5.16. The number of anilines is 1. The Balaban J connectivity index is 1.51. The van der Waals surface area contributed by atoms with Crippen molar-refractivity contribution in [2.75, 3.05) is 37.7 Å². The Morgan fingerprint density at radius 1 is 1.13 bits per heavy atom. The van der Waals surface area contributed by atoms with Crippen molar-refractivity contribution in [3.05, 3.63) is 54.0 Å². The van der Waals surface area contributed by atoms with E-state index in [0.29, 0.717) is 25.5 Å². The molecule has 0 unspecified atom stereocenters. The summed E-state index contributed by atoms with van der Waals surface area (Å²) in [5, 5.41) is 2.87. The van der Waals surface area contributed by atoms with Crippen LogP contribution < -0.4 is 10.2 Å². The van der Waals surface area contributed by atoms with E-state index < -0.39 is 0 Å². The molecule has 1 saturated heterocycles. The van der Waals surface area contributed by atoms with E-state index in [4.69, 9.17) is 4.74 Å². The molecule has 120 valence electrons. The SMILES string of the molecule is O=C(NCCc1ccccc1)c1cnc(N2CCOCC2)cn1. The Morgan fingerprint density at radius 3 is 2.61 bits per heavy atom. The van der Waals surface area contributed by atoms with Gasteiger partial charge in [0.1, 0.15) is 11.5 Å². The van der Waals surface area contributed by atoms with Crippen LogP contribution >= 0.6 is 0 Å². The maximum Gasteiger partial charge on any atom is 0.271 e. The van der Waals surface area contributed by atoms with Crippen molar-refractivity contribution in [2.45, 2.75) is 6.42 Å². The van der Waals surface area contributed by atoms with E-state index in [2.05, 4.69) is 20.2 Å². The van der Waals surface area contributed by atoms with Crippen LogP contribution in [-0.2, 0) is 11.2 Å². The minimum atomic E-state index is -0.193. The summed E-state index contributed by atoms with van der Waals surface area (Å²) in [6, 6.07) is 10.1. The molecule has 1 fully saturated rings. The molecule has 1 aliphatic heterocycles. The third-order valence-electron chi connectivity index (χ3n) is 3.75. The highest BCUT2D eigenvalue weighted by molar-refractivity contribution is 5.92. The number of morpholine rings is 1. The van der Waals surface area contributed by atoms with Gasteiger partial charge >= 0.3 is 0 Å². The van der Waals surface area contributed by atoms with Gasteiger partial charge in [-0.2, -0.15) is 0 Å². The Morgan fingerprint density at radius 2 is 1.91 bits per heavy atom. The molecule has 0 atom stereocenters. The maximum absolute atomic E-state index is 12.1. The topological polar surface area (TPSA) is 67.4 Å². The largest absolute Gasteiger partial charge is 0.378 e. The molecule has 0 radical (unpaired) electrons. The van der Waals surface area contributed by atoms with Crippen LogP contribution in [0.4, 0.5) is 5.82 Å². The molecular weight excluding hydrogens is 292 g/mol. The lowest BCUT2D eigenvalue weighted by Crippen LogP contribution is -2.37. The Labute approximate surface area is 135 Å². The number of nitrogens with one attached hydrogen (secondary N) is 1. The Hall–Kier alpha value is -2.47. The molecule has 2 heterocycles. The third-order valence-corrected chi connectivity index (χ3v) is 3.75. The monoisotopic (exact) mass is 312 g/mol. The van der Waals surface area contributed by atoms with Crippen LogP contribution in [0, 0.1) is 0 Å². The van der Waals surface area contributed by atoms with Crippen molar-refractivity contribution in [3.8, 4) is 0 Å². The molecule has 0 saturated carbocycles. The lowest BCUT2D eigenvalue weighted by atomic mass is 10.1. The van der Waals surface area contributed by atoms with E-state index in [9.17, 15) is 4.79 Å². The molecule has 6 heteroatoms. The van der Waals surface area contributed by atoms with Gasteiger partial charge in [0.2, 0.25) is 0 Å². The van der Waals surface area contributed by atoms with Crippen LogP contribution in [0.1, 0.15) is 16.1 Å². The zero-order valence-electron chi connectivity index (χ0n) is 12.9. The van der Waals surface area contributed by atoms with Crippen molar-refractivity contribution in [1.29, 1.82) is 0 Å². The standard InChI is InChI=1S/C17H20N4O2/c22-17(18-7-6-14-4-2-1-3-5-14)15-12-20-16(13-19-15)21-8-10-23-11-9-21/h1-5,12-13H,6-11H2,(H,18,22). The number of ether oxygens (including phenoxy) is 1. The second-order valence-electron chi connectivity index (χ2n) is 5.35. The van der Waals surface area contributed by atoms with E-state index in [0.717, 1.165) is 25.3 Å². The van der Waals surface area contributed by atoms with Crippen molar-refractivity contribution in [3.63, 3.8) is 0 Å². The second-order valence-corrected chi connectivity index (χ2v) is 5.35. The number of hydrogen-bond acceptors (Lipinski definition) is 5. The van der Waals surface area contributed by atoms with Gasteiger partial charge in [-0.15, -0.1) is 0 Å². The van der Waals surface area contributed by atoms with Crippen molar-refractivity contribution >= 4 is 11.7 Å². The molecule has 1 amide bonds. The summed E-state index contributed by atoms with van der Waals surface area (Å²) in [7, 11) is 0. The number of amides is 1. The minimum Gasteiger partial charge on any atom is -0.378 e. The summed E-state index contributed by atoms with van der Waals surface area (Å²) < 4.78 is 5.31. The van der Waals surface area contributed by atoms with E-state index in [1.54, 1.807) is 6.20 Å². The number of hydrogen-bond donors (Lipinski definition) is 1. The van der Waals surface area contributed by atoms with Gasteiger partial charge in [-0.1, -0.05) is 30.3 Å². The molecular formula is C17H20N4O2. The zero-order valence-corrected chi connectivity index (χ0v) is 12.9. The van der Waals surface area contributed by atoms with Crippen LogP contribution in [0.25, 0.3) is 0 Å². The number of aromatic nitrogens is 2. The van der Waals surface area contributed by atoms with Gasteiger partial charge in [0.15, 0.2) is 0 Å². The van der Waals surface area contributed by atoms with E-state index in [1.807, 2.05) is 30.3 Å². The van der Waals surface area contributed by atoms with E-state index in [1.165, 1.54) is 11.8 Å². The number of carbonyl (C=O) groups excluding carboxylic acids is 1. The fraction of sp³-hybridized carbons (Fsp3) is 0.353. The zero-order chi connectivity index (χ0) is 15.9. The average molecular weight is 312 g/mol. The predicted octanol–water partition coefficient (Wildman–Crippen LogP) is 1.29. The summed E-state index contributed by atoms with van der Waals surface area (Å²) in [6.45, 7) is 3.58. The molecule has 0 aliphatic carbocycles. The van der Waals surface area contributed by atoms with Crippen LogP contribution in [0.3, 0.4) is 0 Å². The summed E-state index contributed by atoms with van der Waals surface area (Å²) in [4.78, 5) is 22.7. The molecule has 2 aromatic rings. The number of nitrogens with zero attached hydrogens (tertiary/aromatic N) is 3. The van der Waals surface area contributed by atoms with Gasteiger partial charge in [-0.3, -0.25) is 4.79 Å². The molecule has 1 aromatic heterocycles. The quantitative estimate of drug-likeness (QED) is 0.901. The number of rotatable bonds is 5. The average Bonchev–Trinajstić information content (AvgIpc) is 2.63.